The van der Waals surface area contributed by atoms with E-state index in [9.17, 15) is 18.0 Å². The van der Waals surface area contributed by atoms with Crippen molar-refractivity contribution in [3.63, 3.8) is 0 Å². The van der Waals surface area contributed by atoms with Crippen LogP contribution in [0.15, 0.2) is 12.1 Å². The number of benzene rings is 1. The van der Waals surface area contributed by atoms with E-state index in [1.807, 2.05) is 6.07 Å². The number of piperidine rings is 1. The first-order valence-corrected chi connectivity index (χ1v) is 9.15. The van der Waals surface area contributed by atoms with Gasteiger partial charge in [-0.3, -0.25) is 4.79 Å². The predicted molar refractivity (Wildman–Crippen MR) is 89.9 cm³/mol. The van der Waals surface area contributed by atoms with Crippen molar-refractivity contribution in [1.82, 2.24) is 14.9 Å². The number of likely N-dealkylation sites (tertiary alicyclic amines) is 1. The van der Waals surface area contributed by atoms with Gasteiger partial charge in [-0.25, -0.2) is 4.98 Å². The number of nitrogens with zero attached hydrogens (tertiary/aromatic N) is 2. The van der Waals surface area contributed by atoms with Gasteiger partial charge in [0.25, 0.3) is 0 Å². The SMILES string of the molecule is CC12CCN(C(=O)C(F)(F)F)[C@H](Cc3cc4[nH]c(C5CC5)nc4cc31)C2. The van der Waals surface area contributed by atoms with Crippen molar-refractivity contribution >= 4 is 16.9 Å². The van der Waals surface area contributed by atoms with E-state index in [1.54, 1.807) is 0 Å². The van der Waals surface area contributed by atoms with E-state index >= 15 is 0 Å². The zero-order valence-electron chi connectivity index (χ0n) is 14.5. The van der Waals surface area contributed by atoms with E-state index in [0.717, 1.165) is 40.2 Å². The molecule has 1 aromatic heterocycles. The fourth-order valence-electron chi connectivity index (χ4n) is 4.80. The van der Waals surface area contributed by atoms with Crippen molar-refractivity contribution in [1.29, 1.82) is 0 Å². The van der Waals surface area contributed by atoms with E-state index in [0.29, 0.717) is 25.2 Å². The number of fused-ring (bicyclic) bond motifs is 5. The Labute approximate surface area is 148 Å². The number of hydrogen-bond donors (Lipinski definition) is 1. The monoisotopic (exact) mass is 363 g/mol. The topological polar surface area (TPSA) is 49.0 Å². The number of carbonyl (C=O) groups is 1. The molecule has 1 saturated heterocycles. The summed E-state index contributed by atoms with van der Waals surface area (Å²) in [6, 6.07) is 3.76. The van der Waals surface area contributed by atoms with Crippen LogP contribution in [-0.4, -0.2) is 39.5 Å². The van der Waals surface area contributed by atoms with Crippen molar-refractivity contribution < 1.29 is 18.0 Å². The van der Waals surface area contributed by atoms with Crippen molar-refractivity contribution in [3.05, 3.63) is 29.1 Å². The largest absolute Gasteiger partial charge is 0.471 e. The third kappa shape index (κ3) is 2.36. The Hall–Kier alpha value is -2.05. The second-order valence-electron chi connectivity index (χ2n) is 8.29. The van der Waals surface area contributed by atoms with E-state index in [4.69, 9.17) is 4.98 Å². The number of amides is 1. The van der Waals surface area contributed by atoms with Crippen LogP contribution in [0.25, 0.3) is 11.0 Å². The lowest BCUT2D eigenvalue weighted by molar-refractivity contribution is -0.190. The molecule has 2 fully saturated rings. The predicted octanol–water partition coefficient (Wildman–Crippen LogP) is 3.81. The number of alkyl halides is 3. The maximum absolute atomic E-state index is 12.9. The Kier molecular flexibility index (Phi) is 3.12. The molecule has 1 aromatic carbocycles. The smallest absolute Gasteiger partial charge is 0.342 e. The third-order valence-corrected chi connectivity index (χ3v) is 6.33. The average molecular weight is 363 g/mol. The van der Waals surface area contributed by atoms with Crippen LogP contribution in [0.1, 0.15) is 55.5 Å². The summed E-state index contributed by atoms with van der Waals surface area (Å²) in [6.45, 7) is 2.26. The molecule has 0 spiro atoms. The molecule has 138 valence electrons. The van der Waals surface area contributed by atoms with Gasteiger partial charge >= 0.3 is 12.1 Å². The quantitative estimate of drug-likeness (QED) is 0.838. The number of imidazole rings is 1. The van der Waals surface area contributed by atoms with Gasteiger partial charge in [-0.2, -0.15) is 13.2 Å². The maximum atomic E-state index is 12.9. The molecule has 5 rings (SSSR count). The Bertz CT molecular complexity index is 915. The maximum Gasteiger partial charge on any atom is 0.471 e. The molecule has 3 aliphatic rings. The summed E-state index contributed by atoms with van der Waals surface area (Å²) in [7, 11) is 0. The van der Waals surface area contributed by atoms with Crippen molar-refractivity contribution in [2.45, 2.75) is 62.6 Å². The summed E-state index contributed by atoms with van der Waals surface area (Å²) in [5.41, 5.74) is 3.92. The number of aromatic amines is 1. The molecule has 1 saturated carbocycles. The van der Waals surface area contributed by atoms with Crippen LogP contribution in [0, 0.1) is 0 Å². The highest BCUT2D eigenvalue weighted by Crippen LogP contribution is 2.47. The number of aromatic nitrogens is 2. The minimum Gasteiger partial charge on any atom is -0.342 e. The zero-order chi connectivity index (χ0) is 18.3. The van der Waals surface area contributed by atoms with Gasteiger partial charge in [-0.05, 0) is 60.8 Å². The van der Waals surface area contributed by atoms with Gasteiger partial charge < -0.3 is 9.88 Å². The average Bonchev–Trinajstić information content (AvgIpc) is 3.32. The molecule has 1 aliphatic heterocycles. The fraction of sp³-hybridized carbons (Fsp3) is 0.579. The van der Waals surface area contributed by atoms with Crippen LogP contribution in [0.3, 0.4) is 0 Å². The lowest BCUT2D eigenvalue weighted by Crippen LogP contribution is -2.57. The second kappa shape index (κ2) is 5.02. The van der Waals surface area contributed by atoms with Gasteiger partial charge in [0.15, 0.2) is 0 Å². The highest BCUT2D eigenvalue weighted by molar-refractivity contribution is 5.83. The van der Waals surface area contributed by atoms with Gasteiger partial charge in [-0.1, -0.05) is 6.92 Å². The van der Waals surface area contributed by atoms with E-state index in [2.05, 4.69) is 18.0 Å². The normalized spacial score (nSPS) is 28.3. The summed E-state index contributed by atoms with van der Waals surface area (Å²) in [4.78, 5) is 21.0. The van der Waals surface area contributed by atoms with Gasteiger partial charge in [0.05, 0.1) is 11.0 Å². The zero-order valence-corrected chi connectivity index (χ0v) is 14.5. The summed E-state index contributed by atoms with van der Waals surface area (Å²) >= 11 is 0. The first kappa shape index (κ1) is 16.1. The number of nitrogens with one attached hydrogen (secondary N) is 1. The van der Waals surface area contributed by atoms with E-state index in [-0.39, 0.29) is 12.0 Å². The summed E-state index contributed by atoms with van der Waals surface area (Å²) in [6.07, 6.45) is -0.889. The Morgan fingerprint density at radius 2 is 2.12 bits per heavy atom. The van der Waals surface area contributed by atoms with Crippen molar-refractivity contribution in [2.24, 2.45) is 0 Å². The van der Waals surface area contributed by atoms with E-state index in [1.165, 1.54) is 5.56 Å². The van der Waals surface area contributed by atoms with Crippen molar-refractivity contribution in [3.8, 4) is 0 Å². The first-order chi connectivity index (χ1) is 12.2. The minimum atomic E-state index is -4.81. The molecular formula is C19H20F3N3O. The number of carbonyl (C=O) groups excluding carboxylic acids is 1. The number of halogens is 3. The van der Waals surface area contributed by atoms with Crippen molar-refractivity contribution in [2.75, 3.05) is 6.54 Å². The van der Waals surface area contributed by atoms with Crippen LogP contribution in [0.4, 0.5) is 13.2 Å². The molecule has 2 heterocycles. The Balaban J connectivity index is 1.55. The number of H-pyrrole nitrogens is 1. The molecule has 1 amide bonds. The van der Waals surface area contributed by atoms with Crippen LogP contribution < -0.4 is 0 Å². The molecule has 2 aromatic rings. The third-order valence-electron chi connectivity index (χ3n) is 6.33. The highest BCUT2D eigenvalue weighted by Gasteiger charge is 2.50. The van der Waals surface area contributed by atoms with Crippen LogP contribution in [0.2, 0.25) is 0 Å². The molecule has 4 nitrogen and oxygen atoms in total. The van der Waals surface area contributed by atoms with Crippen LogP contribution in [-0.2, 0) is 16.6 Å². The van der Waals surface area contributed by atoms with Gasteiger partial charge in [-0.15, -0.1) is 0 Å². The number of hydrogen-bond acceptors (Lipinski definition) is 2. The van der Waals surface area contributed by atoms with Gasteiger partial charge in [0.1, 0.15) is 5.82 Å². The van der Waals surface area contributed by atoms with Gasteiger partial charge in [0, 0.05) is 18.5 Å². The van der Waals surface area contributed by atoms with Crippen LogP contribution in [0.5, 0.6) is 0 Å². The molecule has 2 atom stereocenters. The van der Waals surface area contributed by atoms with Crippen LogP contribution >= 0.6 is 0 Å². The summed E-state index contributed by atoms with van der Waals surface area (Å²) in [5.74, 6) is -0.162. The number of rotatable bonds is 1. The lowest BCUT2D eigenvalue weighted by Gasteiger charge is -2.49. The molecule has 1 unspecified atom stereocenters. The lowest BCUT2D eigenvalue weighted by atomic mass is 9.65. The fourth-order valence-corrected chi connectivity index (χ4v) is 4.80. The molecule has 7 heteroatoms. The van der Waals surface area contributed by atoms with E-state index < -0.39 is 18.1 Å². The molecular weight excluding hydrogens is 343 g/mol. The molecule has 26 heavy (non-hydrogen) atoms. The first-order valence-electron chi connectivity index (χ1n) is 9.15. The highest BCUT2D eigenvalue weighted by atomic mass is 19.4. The molecule has 1 N–H and O–H groups in total. The van der Waals surface area contributed by atoms with Gasteiger partial charge in [0.2, 0.25) is 0 Å². The summed E-state index contributed by atoms with van der Waals surface area (Å²) in [5, 5.41) is 0. The molecule has 2 aliphatic carbocycles. The Morgan fingerprint density at radius 3 is 2.81 bits per heavy atom. The summed E-state index contributed by atoms with van der Waals surface area (Å²) < 4.78 is 38.8. The second-order valence-corrected chi connectivity index (χ2v) is 8.29. The Morgan fingerprint density at radius 1 is 1.35 bits per heavy atom. The standard InChI is InChI=1S/C19H20F3N3O/c1-18-4-5-25(17(26)19(20,21)22)12(9-18)6-11-7-14-15(8-13(11)18)24-16(23-14)10-2-3-10/h7-8,10,12H,2-6,9H2,1H3,(H,23,24)/t12-,18?/m1/s1. The molecule has 2 bridgehead atoms. The molecule has 0 radical (unpaired) electrons. The minimum absolute atomic E-state index is 0.158.